The number of hydrogen-bond donors (Lipinski definition) is 11. The van der Waals surface area contributed by atoms with Gasteiger partial charge in [0.15, 0.2) is 0 Å². The number of carboxylic acid groups (broad SMARTS) is 3. The third-order valence-electron chi connectivity index (χ3n) is 10.5. The van der Waals surface area contributed by atoms with Crippen molar-refractivity contribution in [1.29, 1.82) is 0 Å². The SMILES string of the molecule is CC(=O)N[C@H](C(=O)N[C@@H](CCC(=O)O)C(=O)N[C@@H](CC(C)C)C(=O)N[C@@H](CCCCN)C(=O)N[C@@H](CCC(=O)O)C(=O)NC(CC(C)C)B1OC(C)(C)C(C)(C)O1)C(C)O.O=C(O)C(F)(F)F. The van der Waals surface area contributed by atoms with Crippen LogP contribution >= 0.6 is 0 Å². The van der Waals surface area contributed by atoms with Crippen molar-refractivity contribution in [1.82, 2.24) is 31.9 Å². The zero-order chi connectivity index (χ0) is 52.2. The van der Waals surface area contributed by atoms with E-state index >= 15 is 0 Å². The molecule has 26 heteroatoms. The monoisotopic (exact) mass is 970 g/mol. The molecule has 384 valence electrons. The first-order valence-corrected chi connectivity index (χ1v) is 21.9. The Morgan fingerprint density at radius 3 is 1.33 bits per heavy atom. The van der Waals surface area contributed by atoms with E-state index < -0.39 is 139 Å². The van der Waals surface area contributed by atoms with E-state index in [-0.39, 0.29) is 37.6 Å². The molecule has 0 spiro atoms. The van der Waals surface area contributed by atoms with E-state index in [0.717, 1.165) is 6.92 Å². The van der Waals surface area contributed by atoms with Gasteiger partial charge in [0.2, 0.25) is 35.4 Å². The molecule has 1 heterocycles. The number of aliphatic hydroxyl groups excluding tert-OH is 1. The minimum atomic E-state index is -5.08. The van der Waals surface area contributed by atoms with Crippen LogP contribution in [0.5, 0.6) is 0 Å². The van der Waals surface area contributed by atoms with Crippen LogP contribution in [0.3, 0.4) is 0 Å². The maximum Gasteiger partial charge on any atom is 0.490 e. The van der Waals surface area contributed by atoms with Crippen molar-refractivity contribution in [2.45, 2.75) is 187 Å². The topological polar surface area (TPSA) is 351 Å². The Bertz CT molecular complexity index is 1690. The van der Waals surface area contributed by atoms with E-state index in [1.54, 1.807) is 13.8 Å². The maximum atomic E-state index is 14.0. The van der Waals surface area contributed by atoms with E-state index in [1.165, 1.54) is 6.92 Å². The van der Waals surface area contributed by atoms with Crippen molar-refractivity contribution in [3.8, 4) is 0 Å². The van der Waals surface area contributed by atoms with Gasteiger partial charge in [0, 0.05) is 19.8 Å². The van der Waals surface area contributed by atoms with Gasteiger partial charge in [-0.1, -0.05) is 27.7 Å². The lowest BCUT2D eigenvalue weighted by molar-refractivity contribution is -0.192. The molecule has 1 rings (SSSR count). The fourth-order valence-corrected chi connectivity index (χ4v) is 6.32. The van der Waals surface area contributed by atoms with Gasteiger partial charge in [-0.3, -0.25) is 38.4 Å². The van der Waals surface area contributed by atoms with Gasteiger partial charge < -0.3 is 67.4 Å². The molecule has 67 heavy (non-hydrogen) atoms. The molecule has 0 aromatic carbocycles. The van der Waals surface area contributed by atoms with Crippen LogP contribution in [0.1, 0.15) is 127 Å². The first-order valence-electron chi connectivity index (χ1n) is 21.9. The van der Waals surface area contributed by atoms with Gasteiger partial charge in [-0.2, -0.15) is 13.2 Å². The molecule has 6 amide bonds. The van der Waals surface area contributed by atoms with E-state index in [1.807, 2.05) is 41.5 Å². The smallest absolute Gasteiger partial charge is 0.481 e. The molecule has 0 saturated carbocycles. The molecular formula is C41H71BF3N7O15. The zero-order valence-corrected chi connectivity index (χ0v) is 39.8. The Balaban J connectivity index is 0.00000572. The van der Waals surface area contributed by atoms with Crippen molar-refractivity contribution < 1.29 is 86.1 Å². The van der Waals surface area contributed by atoms with Gasteiger partial charge in [0.1, 0.15) is 30.2 Å². The summed E-state index contributed by atoms with van der Waals surface area (Å²) in [6.45, 7) is 17.5. The third-order valence-corrected chi connectivity index (χ3v) is 10.5. The standard InChI is InChI=1S/C39H70BN7O13.C2HF3O2/c1-21(2)19-28(46-34(55)26(14-16-30(50)51)45-37(58)32(23(5)48)42-24(6)49)36(57)43-25(13-11-12-18-41)33(54)44-27(15-17-31(52)53)35(56)47-29(20-22(3)4)40-59-38(7,8)39(9,10)60-40;3-2(4,5)1(6)7/h21-23,25-29,32,48H,11-20,41H2,1-10H3,(H,42,49)(H,43,57)(H,44,54)(H,45,58)(H,46,55)(H,47,56)(H,50,51)(H,52,53);(H,6,7)/t23?,25-,26-,27-,28-,29?,32-;/m0./s1. The van der Waals surface area contributed by atoms with Gasteiger partial charge in [0.05, 0.1) is 23.2 Å². The van der Waals surface area contributed by atoms with Gasteiger partial charge in [0.25, 0.3) is 0 Å². The predicted octanol–water partition coefficient (Wildman–Crippen LogP) is 0.511. The highest BCUT2D eigenvalue weighted by Gasteiger charge is 2.54. The number of hydrogen-bond acceptors (Lipinski definition) is 13. The van der Waals surface area contributed by atoms with Gasteiger partial charge in [-0.05, 0) is 97.9 Å². The summed E-state index contributed by atoms with van der Waals surface area (Å²) in [5, 5.41) is 51.4. The van der Waals surface area contributed by atoms with Crippen LogP contribution in [0.4, 0.5) is 13.2 Å². The lowest BCUT2D eigenvalue weighted by atomic mass is 9.74. The molecule has 12 N–H and O–H groups in total. The van der Waals surface area contributed by atoms with Crippen LogP contribution in [0.25, 0.3) is 0 Å². The Hall–Kier alpha value is -5.08. The number of rotatable bonds is 27. The number of aliphatic carboxylic acids is 3. The second-order valence-corrected chi connectivity index (χ2v) is 18.1. The summed E-state index contributed by atoms with van der Waals surface area (Å²) in [4.78, 5) is 112. The van der Waals surface area contributed by atoms with Crippen LogP contribution < -0.4 is 37.6 Å². The molecule has 0 bridgehead atoms. The zero-order valence-electron chi connectivity index (χ0n) is 39.8. The summed E-state index contributed by atoms with van der Waals surface area (Å²) in [6, 6.07) is -6.93. The van der Waals surface area contributed by atoms with Crippen molar-refractivity contribution >= 4 is 60.5 Å². The highest BCUT2D eigenvalue weighted by atomic mass is 19.4. The molecule has 1 saturated heterocycles. The molecule has 1 fully saturated rings. The number of unbranched alkanes of at least 4 members (excludes halogenated alkanes) is 1. The lowest BCUT2D eigenvalue weighted by Crippen LogP contribution is -2.60. The van der Waals surface area contributed by atoms with Gasteiger partial charge in [-0.25, -0.2) is 4.79 Å². The summed E-state index contributed by atoms with van der Waals surface area (Å²) in [5.74, 6) is -10.9. The molecule has 0 aliphatic carbocycles. The summed E-state index contributed by atoms with van der Waals surface area (Å²) in [5.41, 5.74) is 4.29. The number of aliphatic hydroxyl groups is 1. The van der Waals surface area contributed by atoms with E-state index in [0.29, 0.717) is 19.3 Å². The largest absolute Gasteiger partial charge is 0.490 e. The fraction of sp³-hybridized carbons (Fsp3) is 0.780. The highest BCUT2D eigenvalue weighted by molar-refractivity contribution is 6.48. The lowest BCUT2D eigenvalue weighted by Gasteiger charge is -2.32. The van der Waals surface area contributed by atoms with Crippen LogP contribution in [0.2, 0.25) is 0 Å². The van der Waals surface area contributed by atoms with Crippen LogP contribution in [-0.2, 0) is 52.5 Å². The second kappa shape index (κ2) is 28.3. The summed E-state index contributed by atoms with van der Waals surface area (Å²) in [6.07, 6.45) is -6.85. The quantitative estimate of drug-likeness (QED) is 0.0395. The molecule has 0 aromatic rings. The van der Waals surface area contributed by atoms with Gasteiger partial charge in [-0.15, -0.1) is 0 Å². The highest BCUT2D eigenvalue weighted by Crippen LogP contribution is 2.38. The summed E-state index contributed by atoms with van der Waals surface area (Å²) >= 11 is 0. The first-order chi connectivity index (χ1) is 30.6. The molecule has 0 radical (unpaired) electrons. The van der Waals surface area contributed by atoms with Crippen molar-refractivity contribution in [2.75, 3.05) is 6.54 Å². The van der Waals surface area contributed by atoms with Crippen molar-refractivity contribution in [2.24, 2.45) is 17.6 Å². The first kappa shape index (κ1) is 61.9. The number of amides is 6. The molecule has 2 unspecified atom stereocenters. The minimum Gasteiger partial charge on any atom is -0.481 e. The van der Waals surface area contributed by atoms with E-state index in [4.69, 9.17) is 24.9 Å². The molecular weight excluding hydrogens is 898 g/mol. The predicted molar refractivity (Wildman–Crippen MR) is 234 cm³/mol. The van der Waals surface area contributed by atoms with E-state index in [9.17, 15) is 66.8 Å². The summed E-state index contributed by atoms with van der Waals surface area (Å²) in [7, 11) is -0.845. The van der Waals surface area contributed by atoms with Crippen LogP contribution in [-0.4, -0.2) is 147 Å². The van der Waals surface area contributed by atoms with Gasteiger partial charge >= 0.3 is 31.2 Å². The van der Waals surface area contributed by atoms with Crippen LogP contribution in [0, 0.1) is 11.8 Å². The number of carbonyl (C=O) groups excluding carboxylic acids is 6. The van der Waals surface area contributed by atoms with Crippen LogP contribution in [0.15, 0.2) is 0 Å². The third kappa shape index (κ3) is 23.5. The average Bonchev–Trinajstić information content (AvgIpc) is 3.40. The number of nitrogens with one attached hydrogen (secondary N) is 6. The number of carbonyl (C=O) groups is 9. The Kier molecular flexibility index (Phi) is 26.2. The second-order valence-electron chi connectivity index (χ2n) is 18.1. The van der Waals surface area contributed by atoms with E-state index in [2.05, 4.69) is 31.9 Å². The fourth-order valence-electron chi connectivity index (χ4n) is 6.32. The summed E-state index contributed by atoms with van der Waals surface area (Å²) < 4.78 is 44.2. The molecule has 1 aliphatic heterocycles. The minimum absolute atomic E-state index is 0.0380. The number of alkyl halides is 3. The Labute approximate surface area is 388 Å². The average molecular weight is 970 g/mol. The molecule has 1 aliphatic rings. The number of nitrogens with two attached hydrogens (primary N) is 1. The van der Waals surface area contributed by atoms with Crippen molar-refractivity contribution in [3.63, 3.8) is 0 Å². The molecule has 22 nitrogen and oxygen atoms in total. The van der Waals surface area contributed by atoms with Crippen molar-refractivity contribution in [3.05, 3.63) is 0 Å². The Morgan fingerprint density at radius 2 is 0.970 bits per heavy atom. The molecule has 0 aromatic heterocycles. The maximum absolute atomic E-state index is 14.0. The number of carboxylic acids is 3. The number of halogens is 3. The Morgan fingerprint density at radius 1 is 0.597 bits per heavy atom. The molecule has 7 atom stereocenters. The normalized spacial score (nSPS) is 17.2.